The van der Waals surface area contributed by atoms with Crippen LogP contribution in [0, 0.1) is 10.1 Å². The van der Waals surface area contributed by atoms with Crippen LogP contribution in [0.2, 0.25) is 0 Å². The number of carbonyl (C=O) groups excluding carboxylic acids is 1. The number of amides is 1. The van der Waals surface area contributed by atoms with Crippen LogP contribution in [-0.2, 0) is 7.05 Å². The Bertz CT molecular complexity index is 501. The van der Waals surface area contributed by atoms with Crippen molar-refractivity contribution in [1.82, 2.24) is 14.8 Å². The zero-order valence-electron chi connectivity index (χ0n) is 11.3. The molecule has 0 aliphatic carbocycles. The van der Waals surface area contributed by atoms with E-state index in [1.165, 1.54) is 16.7 Å². The molecule has 0 radical (unpaired) electrons. The fourth-order valence-corrected chi connectivity index (χ4v) is 2.55. The van der Waals surface area contributed by atoms with Gasteiger partial charge in [-0.1, -0.05) is 0 Å². The molecule has 7 heteroatoms. The summed E-state index contributed by atoms with van der Waals surface area (Å²) in [6, 6.07) is 3.33. The van der Waals surface area contributed by atoms with Gasteiger partial charge in [0.25, 0.3) is 5.91 Å². The first-order chi connectivity index (χ1) is 8.90. The predicted molar refractivity (Wildman–Crippen MR) is 70.0 cm³/mol. The van der Waals surface area contributed by atoms with E-state index in [9.17, 15) is 14.9 Å². The summed E-state index contributed by atoms with van der Waals surface area (Å²) < 4.78 is 1.33. The van der Waals surface area contributed by atoms with E-state index in [4.69, 9.17) is 0 Å². The molecule has 7 nitrogen and oxygen atoms in total. The van der Waals surface area contributed by atoms with Crippen LogP contribution < -0.4 is 5.32 Å². The molecule has 19 heavy (non-hydrogen) atoms. The van der Waals surface area contributed by atoms with Crippen LogP contribution in [0.25, 0.3) is 0 Å². The normalized spacial score (nSPS) is 23.4. The standard InChI is InChI=1S/C12H18N4O3/c1-8-6-15(7-9(2)13-8)12(17)10-4-5-11(14(10)3)16(18)19/h4-5,8-9,13H,6-7H2,1-3H3. The van der Waals surface area contributed by atoms with Gasteiger partial charge in [-0.3, -0.25) is 4.79 Å². The first-order valence-corrected chi connectivity index (χ1v) is 6.25. The number of hydrogen-bond acceptors (Lipinski definition) is 4. The quantitative estimate of drug-likeness (QED) is 0.633. The average Bonchev–Trinajstić information content (AvgIpc) is 2.69. The maximum atomic E-state index is 12.4. The fraction of sp³-hybridized carbons (Fsp3) is 0.583. The van der Waals surface area contributed by atoms with Crippen molar-refractivity contribution < 1.29 is 9.72 Å². The van der Waals surface area contributed by atoms with E-state index >= 15 is 0 Å². The molecule has 1 saturated heterocycles. The van der Waals surface area contributed by atoms with Gasteiger partial charge >= 0.3 is 5.82 Å². The summed E-state index contributed by atoms with van der Waals surface area (Å²) in [4.78, 5) is 24.4. The number of nitro groups is 1. The summed E-state index contributed by atoms with van der Waals surface area (Å²) in [6.07, 6.45) is 0. The number of nitrogens with one attached hydrogen (secondary N) is 1. The van der Waals surface area contributed by atoms with Gasteiger partial charge in [0, 0.05) is 31.2 Å². The molecule has 1 aliphatic heterocycles. The van der Waals surface area contributed by atoms with Gasteiger partial charge in [-0.15, -0.1) is 0 Å². The molecule has 1 fully saturated rings. The maximum absolute atomic E-state index is 12.4. The lowest BCUT2D eigenvalue weighted by Crippen LogP contribution is -2.56. The molecule has 0 bridgehead atoms. The monoisotopic (exact) mass is 266 g/mol. The first kappa shape index (κ1) is 13.5. The number of nitrogens with zero attached hydrogens (tertiary/aromatic N) is 3. The molecule has 1 amide bonds. The van der Waals surface area contributed by atoms with E-state index in [2.05, 4.69) is 5.32 Å². The molecule has 0 spiro atoms. The molecule has 2 rings (SSSR count). The number of aromatic nitrogens is 1. The van der Waals surface area contributed by atoms with E-state index in [-0.39, 0.29) is 23.8 Å². The van der Waals surface area contributed by atoms with Crippen LogP contribution in [-0.4, -0.2) is 45.5 Å². The molecule has 1 N–H and O–H groups in total. The second-order valence-corrected chi connectivity index (χ2v) is 5.07. The minimum absolute atomic E-state index is 0.0698. The summed E-state index contributed by atoms with van der Waals surface area (Å²) in [5.74, 6) is -0.226. The summed E-state index contributed by atoms with van der Waals surface area (Å²) in [5.41, 5.74) is 0.355. The molecule has 1 aromatic rings. The molecule has 2 atom stereocenters. The third-order valence-electron chi connectivity index (χ3n) is 3.35. The minimum atomic E-state index is -0.486. The van der Waals surface area contributed by atoms with Gasteiger partial charge in [-0.25, -0.2) is 4.57 Å². The van der Waals surface area contributed by atoms with E-state index in [1.807, 2.05) is 13.8 Å². The zero-order valence-corrected chi connectivity index (χ0v) is 11.3. The molecule has 0 aromatic carbocycles. The van der Waals surface area contributed by atoms with Crippen molar-refractivity contribution in [3.8, 4) is 0 Å². The summed E-state index contributed by atoms with van der Waals surface area (Å²) >= 11 is 0. The van der Waals surface area contributed by atoms with Gasteiger partial charge in [0.1, 0.15) is 0 Å². The summed E-state index contributed by atoms with van der Waals surface area (Å²) in [6.45, 7) is 5.26. The van der Waals surface area contributed by atoms with Crippen molar-refractivity contribution in [3.63, 3.8) is 0 Å². The van der Waals surface area contributed by atoms with Crippen LogP contribution in [0.4, 0.5) is 5.82 Å². The number of piperazine rings is 1. The van der Waals surface area contributed by atoms with Crippen molar-refractivity contribution in [2.75, 3.05) is 13.1 Å². The van der Waals surface area contributed by atoms with Crippen LogP contribution in [0.1, 0.15) is 24.3 Å². The van der Waals surface area contributed by atoms with Crippen molar-refractivity contribution in [2.45, 2.75) is 25.9 Å². The molecule has 104 valence electrons. The largest absolute Gasteiger partial charge is 0.358 e. The van der Waals surface area contributed by atoms with Crippen LogP contribution in [0.15, 0.2) is 12.1 Å². The van der Waals surface area contributed by atoms with E-state index in [0.29, 0.717) is 18.8 Å². The Labute approximate surface area is 111 Å². The van der Waals surface area contributed by atoms with Crippen molar-refractivity contribution in [3.05, 3.63) is 27.9 Å². The van der Waals surface area contributed by atoms with Crippen molar-refractivity contribution in [2.24, 2.45) is 7.05 Å². The highest BCUT2D eigenvalue weighted by Crippen LogP contribution is 2.18. The lowest BCUT2D eigenvalue weighted by Gasteiger charge is -2.35. The lowest BCUT2D eigenvalue weighted by molar-refractivity contribution is -0.391. The van der Waals surface area contributed by atoms with Gasteiger partial charge in [-0.2, -0.15) is 0 Å². The maximum Gasteiger partial charge on any atom is 0.323 e. The molecule has 2 heterocycles. The SMILES string of the molecule is CC1CN(C(=O)c2ccc([N+](=O)[O-])n2C)CC(C)N1. The number of carbonyl (C=O) groups is 1. The summed E-state index contributed by atoms with van der Waals surface area (Å²) in [5, 5.41) is 14.1. The number of rotatable bonds is 2. The molecule has 2 unspecified atom stereocenters. The third-order valence-corrected chi connectivity index (χ3v) is 3.35. The molecule has 1 aromatic heterocycles. The van der Waals surface area contributed by atoms with Gasteiger partial charge in [0.15, 0.2) is 5.69 Å². The smallest absolute Gasteiger partial charge is 0.323 e. The molecule has 0 saturated carbocycles. The lowest BCUT2D eigenvalue weighted by atomic mass is 10.1. The van der Waals surface area contributed by atoms with Crippen molar-refractivity contribution >= 4 is 11.7 Å². The van der Waals surface area contributed by atoms with Gasteiger partial charge in [-0.05, 0) is 24.8 Å². The van der Waals surface area contributed by atoms with Crippen LogP contribution in [0.3, 0.4) is 0 Å². The second kappa shape index (κ2) is 5.00. The zero-order chi connectivity index (χ0) is 14.2. The summed E-state index contributed by atoms with van der Waals surface area (Å²) in [7, 11) is 1.54. The Morgan fingerprint density at radius 1 is 1.37 bits per heavy atom. The predicted octanol–water partition coefficient (Wildman–Crippen LogP) is 0.756. The van der Waals surface area contributed by atoms with Crippen LogP contribution in [0.5, 0.6) is 0 Å². The third kappa shape index (κ3) is 2.60. The molecule has 1 aliphatic rings. The Hall–Kier alpha value is -1.89. The van der Waals surface area contributed by atoms with E-state index in [0.717, 1.165) is 0 Å². The Morgan fingerprint density at radius 3 is 2.42 bits per heavy atom. The van der Waals surface area contributed by atoms with E-state index in [1.54, 1.807) is 11.9 Å². The molecular formula is C12H18N4O3. The molecular weight excluding hydrogens is 248 g/mol. The second-order valence-electron chi connectivity index (χ2n) is 5.07. The highest BCUT2D eigenvalue weighted by molar-refractivity contribution is 5.93. The Morgan fingerprint density at radius 2 is 1.95 bits per heavy atom. The fourth-order valence-electron chi connectivity index (χ4n) is 2.55. The highest BCUT2D eigenvalue weighted by Gasteiger charge is 2.29. The minimum Gasteiger partial charge on any atom is -0.358 e. The first-order valence-electron chi connectivity index (χ1n) is 6.25. The van der Waals surface area contributed by atoms with E-state index < -0.39 is 4.92 Å². The van der Waals surface area contributed by atoms with Gasteiger partial charge < -0.3 is 20.3 Å². The Balaban J connectivity index is 2.22. The average molecular weight is 266 g/mol. The van der Waals surface area contributed by atoms with Crippen LogP contribution >= 0.6 is 0 Å². The topological polar surface area (TPSA) is 80.4 Å². The van der Waals surface area contributed by atoms with Crippen molar-refractivity contribution in [1.29, 1.82) is 0 Å². The van der Waals surface area contributed by atoms with Gasteiger partial charge in [0.05, 0.1) is 7.05 Å². The number of hydrogen-bond donors (Lipinski definition) is 1. The highest BCUT2D eigenvalue weighted by atomic mass is 16.6. The Kier molecular flexibility index (Phi) is 3.57. The van der Waals surface area contributed by atoms with Gasteiger partial charge in [0.2, 0.25) is 0 Å².